The van der Waals surface area contributed by atoms with Crippen LogP contribution in [0.5, 0.6) is 0 Å². The van der Waals surface area contributed by atoms with E-state index < -0.39 is 0 Å². The Bertz CT molecular complexity index is 196. The van der Waals surface area contributed by atoms with Gasteiger partial charge in [0.1, 0.15) is 0 Å². The van der Waals surface area contributed by atoms with Gasteiger partial charge in [-0.05, 0) is 19.4 Å². The van der Waals surface area contributed by atoms with Gasteiger partial charge >= 0.3 is 0 Å². The summed E-state index contributed by atoms with van der Waals surface area (Å²) in [7, 11) is 0. The minimum absolute atomic E-state index is 0.0487. The van der Waals surface area contributed by atoms with Crippen molar-refractivity contribution >= 4 is 5.71 Å². The zero-order chi connectivity index (χ0) is 8.44. The molecule has 1 spiro atoms. The Morgan fingerprint density at radius 2 is 2.58 bits per heavy atom. The summed E-state index contributed by atoms with van der Waals surface area (Å²) in [5.74, 6) is 0. The average Bonchev–Trinajstić information content (AvgIpc) is 2.50. The standard InChI is InChI=1S/C8H15N3O/c9-5-7-4-8(12-11-7)2-1-3-10-6-8/h10H,1-6,9H2. The summed E-state index contributed by atoms with van der Waals surface area (Å²) in [5, 5.41) is 7.31. The molecule has 1 unspecified atom stereocenters. The average molecular weight is 169 g/mol. The van der Waals surface area contributed by atoms with Crippen LogP contribution in [0.3, 0.4) is 0 Å². The molecule has 1 fully saturated rings. The second-order valence-electron chi connectivity index (χ2n) is 3.59. The molecule has 0 bridgehead atoms. The van der Waals surface area contributed by atoms with E-state index in [2.05, 4.69) is 10.5 Å². The monoisotopic (exact) mass is 169 g/mol. The molecule has 0 aromatic rings. The second kappa shape index (κ2) is 3.03. The van der Waals surface area contributed by atoms with Gasteiger partial charge < -0.3 is 15.9 Å². The summed E-state index contributed by atoms with van der Waals surface area (Å²) >= 11 is 0. The highest BCUT2D eigenvalue weighted by atomic mass is 16.7. The number of oxime groups is 1. The topological polar surface area (TPSA) is 59.6 Å². The summed E-state index contributed by atoms with van der Waals surface area (Å²) in [6.07, 6.45) is 3.19. The zero-order valence-corrected chi connectivity index (χ0v) is 7.18. The largest absolute Gasteiger partial charge is 0.387 e. The molecule has 3 N–H and O–H groups in total. The van der Waals surface area contributed by atoms with Gasteiger partial charge in [-0.1, -0.05) is 5.16 Å². The van der Waals surface area contributed by atoms with Crippen molar-refractivity contribution in [3.05, 3.63) is 0 Å². The first-order chi connectivity index (χ1) is 5.85. The lowest BCUT2D eigenvalue weighted by atomic mass is 9.89. The van der Waals surface area contributed by atoms with E-state index >= 15 is 0 Å². The molecule has 0 saturated carbocycles. The molecule has 1 atom stereocenters. The summed E-state index contributed by atoms with van der Waals surface area (Å²) < 4.78 is 0. The van der Waals surface area contributed by atoms with Gasteiger partial charge in [-0.15, -0.1) is 0 Å². The fourth-order valence-electron chi connectivity index (χ4n) is 1.88. The van der Waals surface area contributed by atoms with E-state index in [1.807, 2.05) is 0 Å². The van der Waals surface area contributed by atoms with Crippen molar-refractivity contribution < 1.29 is 4.84 Å². The van der Waals surface area contributed by atoms with Crippen molar-refractivity contribution in [3.63, 3.8) is 0 Å². The Hall–Kier alpha value is -0.610. The molecule has 0 amide bonds. The smallest absolute Gasteiger partial charge is 0.155 e. The Morgan fingerprint density at radius 3 is 3.17 bits per heavy atom. The number of nitrogens with one attached hydrogen (secondary N) is 1. The van der Waals surface area contributed by atoms with E-state index in [0.29, 0.717) is 6.54 Å². The quantitative estimate of drug-likeness (QED) is 0.573. The van der Waals surface area contributed by atoms with Crippen LogP contribution in [0.25, 0.3) is 0 Å². The highest BCUT2D eigenvalue weighted by Crippen LogP contribution is 2.29. The zero-order valence-electron chi connectivity index (χ0n) is 7.18. The third kappa shape index (κ3) is 1.32. The molecular weight excluding hydrogens is 154 g/mol. The molecule has 12 heavy (non-hydrogen) atoms. The van der Waals surface area contributed by atoms with Crippen LogP contribution in [-0.4, -0.2) is 30.9 Å². The van der Waals surface area contributed by atoms with Crippen LogP contribution in [-0.2, 0) is 4.84 Å². The highest BCUT2D eigenvalue weighted by Gasteiger charge is 2.39. The molecule has 0 aliphatic carbocycles. The third-order valence-electron chi connectivity index (χ3n) is 2.56. The summed E-state index contributed by atoms with van der Waals surface area (Å²) in [6.45, 7) is 2.55. The van der Waals surface area contributed by atoms with Gasteiger partial charge in [-0.3, -0.25) is 0 Å². The van der Waals surface area contributed by atoms with Crippen molar-refractivity contribution in [3.8, 4) is 0 Å². The molecule has 2 rings (SSSR count). The normalized spacial score (nSPS) is 34.9. The Kier molecular flexibility index (Phi) is 2.02. The molecule has 4 nitrogen and oxygen atoms in total. The first kappa shape index (κ1) is 8.01. The fraction of sp³-hybridized carbons (Fsp3) is 0.875. The van der Waals surface area contributed by atoms with Gasteiger partial charge in [0.05, 0.1) is 5.71 Å². The summed E-state index contributed by atoms with van der Waals surface area (Å²) in [6, 6.07) is 0. The van der Waals surface area contributed by atoms with E-state index in [4.69, 9.17) is 10.6 Å². The third-order valence-corrected chi connectivity index (χ3v) is 2.56. The van der Waals surface area contributed by atoms with Gasteiger partial charge in [0.15, 0.2) is 5.60 Å². The maximum atomic E-state index is 5.49. The number of hydrogen-bond donors (Lipinski definition) is 2. The second-order valence-corrected chi connectivity index (χ2v) is 3.59. The van der Waals surface area contributed by atoms with Crippen LogP contribution in [0.4, 0.5) is 0 Å². The lowest BCUT2D eigenvalue weighted by Gasteiger charge is -2.30. The van der Waals surface area contributed by atoms with Gasteiger partial charge in [-0.2, -0.15) is 0 Å². The van der Waals surface area contributed by atoms with Crippen LogP contribution in [0, 0.1) is 0 Å². The van der Waals surface area contributed by atoms with Crippen molar-refractivity contribution in [2.24, 2.45) is 10.9 Å². The number of hydrogen-bond acceptors (Lipinski definition) is 4. The molecule has 4 heteroatoms. The van der Waals surface area contributed by atoms with Crippen LogP contribution in [0.1, 0.15) is 19.3 Å². The molecule has 0 radical (unpaired) electrons. The lowest BCUT2D eigenvalue weighted by Crippen LogP contribution is -2.46. The van der Waals surface area contributed by atoms with E-state index in [1.165, 1.54) is 6.42 Å². The van der Waals surface area contributed by atoms with Crippen LogP contribution < -0.4 is 11.1 Å². The Labute approximate surface area is 72.1 Å². The molecule has 1 saturated heterocycles. The first-order valence-electron chi connectivity index (χ1n) is 4.49. The van der Waals surface area contributed by atoms with Crippen LogP contribution in [0.2, 0.25) is 0 Å². The van der Waals surface area contributed by atoms with Gasteiger partial charge in [0.25, 0.3) is 0 Å². The van der Waals surface area contributed by atoms with Crippen molar-refractivity contribution in [2.45, 2.75) is 24.9 Å². The summed E-state index contributed by atoms with van der Waals surface area (Å²) in [4.78, 5) is 5.43. The lowest BCUT2D eigenvalue weighted by molar-refractivity contribution is -0.0347. The fourth-order valence-corrected chi connectivity index (χ4v) is 1.88. The molecule has 2 heterocycles. The predicted molar refractivity (Wildman–Crippen MR) is 47.0 cm³/mol. The summed E-state index contributed by atoms with van der Waals surface area (Å²) in [5.41, 5.74) is 6.44. The number of piperidine rings is 1. The van der Waals surface area contributed by atoms with Gasteiger partial charge in [-0.25, -0.2) is 0 Å². The van der Waals surface area contributed by atoms with E-state index in [1.54, 1.807) is 0 Å². The van der Waals surface area contributed by atoms with Gasteiger partial charge in [0, 0.05) is 19.5 Å². The Balaban J connectivity index is 1.97. The van der Waals surface area contributed by atoms with E-state index in [0.717, 1.165) is 31.6 Å². The van der Waals surface area contributed by atoms with Crippen LogP contribution >= 0.6 is 0 Å². The van der Waals surface area contributed by atoms with Crippen molar-refractivity contribution in [2.75, 3.05) is 19.6 Å². The Morgan fingerprint density at radius 1 is 1.67 bits per heavy atom. The molecule has 2 aliphatic heterocycles. The molecule has 0 aromatic heterocycles. The van der Waals surface area contributed by atoms with E-state index in [9.17, 15) is 0 Å². The molecule has 0 aromatic carbocycles. The van der Waals surface area contributed by atoms with Crippen molar-refractivity contribution in [1.29, 1.82) is 0 Å². The van der Waals surface area contributed by atoms with Crippen LogP contribution in [0.15, 0.2) is 5.16 Å². The maximum absolute atomic E-state index is 5.49. The first-order valence-corrected chi connectivity index (χ1v) is 4.49. The SMILES string of the molecule is NCC1=NOC2(CCCNC2)C1. The molecule has 68 valence electrons. The number of rotatable bonds is 1. The van der Waals surface area contributed by atoms with Crippen molar-refractivity contribution in [1.82, 2.24) is 5.32 Å². The predicted octanol–water partition coefficient (Wildman–Crippen LogP) is -0.156. The number of nitrogens with two attached hydrogens (primary N) is 1. The molecule has 2 aliphatic rings. The van der Waals surface area contributed by atoms with E-state index in [-0.39, 0.29) is 5.60 Å². The minimum Gasteiger partial charge on any atom is -0.387 e. The number of nitrogens with zero attached hydrogens (tertiary/aromatic N) is 1. The van der Waals surface area contributed by atoms with Gasteiger partial charge in [0.2, 0.25) is 0 Å². The maximum Gasteiger partial charge on any atom is 0.155 e. The molecular formula is C8H15N3O. The minimum atomic E-state index is -0.0487. The highest BCUT2D eigenvalue weighted by molar-refractivity contribution is 5.87.